The van der Waals surface area contributed by atoms with Crippen LogP contribution in [0.25, 0.3) is 0 Å². The summed E-state index contributed by atoms with van der Waals surface area (Å²) >= 11 is 0. The van der Waals surface area contributed by atoms with Gasteiger partial charge in [0.25, 0.3) is 0 Å². The first-order valence-electron chi connectivity index (χ1n) is 14.6. The molecular formula is C33H44N4O7. The number of amides is 2. The van der Waals surface area contributed by atoms with Gasteiger partial charge in [-0.3, -0.25) is 4.98 Å². The van der Waals surface area contributed by atoms with Gasteiger partial charge in [-0.25, -0.2) is 9.59 Å². The number of benzene rings is 2. The standard InChI is InChI=1S/C33H44N4O7/c1-23(38)29(25-15-17-27(18-16-25)42-22-20-26-13-9-10-21-34-26)37(5)32(41)44-36-30(35-31(40)43-33(2,3)4)28(39)19-14-24-11-7-6-8-12-24/h6-13,15-18,21,23,28-30,36,38-39H,14,19-20,22H2,1-5H3,(H,35,40). The van der Waals surface area contributed by atoms with Crippen molar-refractivity contribution in [2.45, 2.75) is 77.0 Å². The maximum Gasteiger partial charge on any atom is 0.429 e. The number of ether oxygens (including phenoxy) is 2. The SMILES string of the molecule is CC(O)C(c1ccc(OCCc2ccccn2)cc1)N(C)C(=O)ONC(NC(=O)OC(C)(C)C)C(O)CCc1ccccc1. The number of aryl methyl sites for hydroxylation is 1. The minimum Gasteiger partial charge on any atom is -0.493 e. The molecule has 0 aliphatic carbocycles. The number of aromatic nitrogens is 1. The Hall–Kier alpha value is -4.19. The number of aliphatic hydroxyl groups excluding tert-OH is 2. The Morgan fingerprint density at radius 1 is 0.955 bits per heavy atom. The zero-order chi connectivity index (χ0) is 32.1. The van der Waals surface area contributed by atoms with Crippen LogP contribution in [0.15, 0.2) is 79.0 Å². The number of aliphatic hydroxyl groups is 2. The van der Waals surface area contributed by atoms with Gasteiger partial charge in [-0.1, -0.05) is 48.5 Å². The molecule has 0 saturated heterocycles. The summed E-state index contributed by atoms with van der Waals surface area (Å²) in [5.41, 5.74) is 4.30. The minimum atomic E-state index is -1.17. The van der Waals surface area contributed by atoms with Crippen molar-refractivity contribution < 1.29 is 34.1 Å². The van der Waals surface area contributed by atoms with Crippen molar-refractivity contribution in [3.63, 3.8) is 0 Å². The molecule has 2 amide bonds. The molecule has 44 heavy (non-hydrogen) atoms. The molecule has 1 heterocycles. The highest BCUT2D eigenvalue weighted by molar-refractivity contribution is 5.69. The lowest BCUT2D eigenvalue weighted by atomic mass is 10.0. The lowest BCUT2D eigenvalue weighted by molar-refractivity contribution is -0.0244. The molecule has 0 radical (unpaired) electrons. The van der Waals surface area contributed by atoms with Crippen molar-refractivity contribution in [2.24, 2.45) is 0 Å². The molecule has 1 aromatic heterocycles. The Bertz CT molecular complexity index is 1280. The number of alkyl carbamates (subject to hydrolysis) is 1. The zero-order valence-corrected chi connectivity index (χ0v) is 26.0. The van der Waals surface area contributed by atoms with E-state index in [-0.39, 0.29) is 6.42 Å². The number of hydrogen-bond acceptors (Lipinski definition) is 9. The second-order valence-corrected chi connectivity index (χ2v) is 11.5. The van der Waals surface area contributed by atoms with Gasteiger partial charge in [0.05, 0.1) is 24.9 Å². The minimum absolute atomic E-state index is 0.261. The van der Waals surface area contributed by atoms with E-state index in [2.05, 4.69) is 15.8 Å². The molecule has 4 atom stereocenters. The Morgan fingerprint density at radius 3 is 2.25 bits per heavy atom. The Labute approximate surface area is 259 Å². The van der Waals surface area contributed by atoms with E-state index in [1.807, 2.05) is 48.5 Å². The molecule has 0 fully saturated rings. The van der Waals surface area contributed by atoms with Gasteiger partial charge in [0.1, 0.15) is 17.5 Å². The molecule has 238 valence electrons. The maximum atomic E-state index is 13.1. The second kappa shape index (κ2) is 16.6. The highest BCUT2D eigenvalue weighted by Crippen LogP contribution is 2.26. The van der Waals surface area contributed by atoms with Crippen molar-refractivity contribution in [2.75, 3.05) is 13.7 Å². The van der Waals surface area contributed by atoms with Gasteiger partial charge in [-0.2, -0.15) is 0 Å². The topological polar surface area (TPSA) is 142 Å². The largest absolute Gasteiger partial charge is 0.493 e. The highest BCUT2D eigenvalue weighted by Gasteiger charge is 2.30. The summed E-state index contributed by atoms with van der Waals surface area (Å²) in [5.74, 6) is 0.640. The normalized spacial score (nSPS) is 14.1. The summed E-state index contributed by atoms with van der Waals surface area (Å²) in [4.78, 5) is 36.4. The molecule has 0 aliphatic rings. The van der Waals surface area contributed by atoms with Crippen LogP contribution in [-0.2, 0) is 22.4 Å². The smallest absolute Gasteiger partial charge is 0.429 e. The van der Waals surface area contributed by atoms with Crippen LogP contribution in [0.5, 0.6) is 5.75 Å². The van der Waals surface area contributed by atoms with Gasteiger partial charge < -0.3 is 34.7 Å². The van der Waals surface area contributed by atoms with E-state index >= 15 is 0 Å². The van der Waals surface area contributed by atoms with E-state index in [0.717, 1.165) is 11.3 Å². The molecule has 11 heteroatoms. The van der Waals surface area contributed by atoms with Crippen LogP contribution >= 0.6 is 0 Å². The summed E-state index contributed by atoms with van der Waals surface area (Å²) in [6.45, 7) is 7.16. The Balaban J connectivity index is 1.61. The van der Waals surface area contributed by atoms with Crippen molar-refractivity contribution >= 4 is 12.2 Å². The van der Waals surface area contributed by atoms with Crippen molar-refractivity contribution in [3.05, 3.63) is 95.8 Å². The number of nitrogens with one attached hydrogen (secondary N) is 2. The molecular weight excluding hydrogens is 564 g/mol. The number of likely N-dealkylation sites (N-methyl/N-ethyl adjacent to an activating group) is 1. The fourth-order valence-corrected chi connectivity index (χ4v) is 4.47. The van der Waals surface area contributed by atoms with Crippen LogP contribution in [0.4, 0.5) is 9.59 Å². The van der Waals surface area contributed by atoms with E-state index in [0.29, 0.717) is 30.8 Å². The quantitative estimate of drug-likeness (QED) is 0.153. The van der Waals surface area contributed by atoms with Gasteiger partial charge in [-0.15, -0.1) is 5.48 Å². The van der Waals surface area contributed by atoms with E-state index in [1.165, 1.54) is 11.9 Å². The van der Waals surface area contributed by atoms with Gasteiger partial charge in [0.15, 0.2) is 0 Å². The molecule has 3 aromatic rings. The molecule has 4 N–H and O–H groups in total. The van der Waals surface area contributed by atoms with Crippen LogP contribution in [0, 0.1) is 0 Å². The third-order valence-electron chi connectivity index (χ3n) is 6.64. The predicted molar refractivity (Wildman–Crippen MR) is 166 cm³/mol. The number of carbonyl (C=O) groups is 2. The van der Waals surface area contributed by atoms with Gasteiger partial charge in [0, 0.05) is 25.4 Å². The average Bonchev–Trinajstić information content (AvgIpc) is 2.98. The maximum absolute atomic E-state index is 13.1. The molecule has 11 nitrogen and oxygen atoms in total. The predicted octanol–water partition coefficient (Wildman–Crippen LogP) is 4.54. The lowest BCUT2D eigenvalue weighted by Gasteiger charge is -2.31. The second-order valence-electron chi connectivity index (χ2n) is 11.5. The third kappa shape index (κ3) is 11.5. The van der Waals surface area contributed by atoms with Crippen molar-refractivity contribution in [1.82, 2.24) is 20.7 Å². The summed E-state index contributed by atoms with van der Waals surface area (Å²) in [7, 11) is 1.49. The Morgan fingerprint density at radius 2 is 1.64 bits per heavy atom. The number of hydroxylamine groups is 1. The Kier molecular flexibility index (Phi) is 12.9. The lowest BCUT2D eigenvalue weighted by Crippen LogP contribution is -2.55. The van der Waals surface area contributed by atoms with Crippen LogP contribution in [0.1, 0.15) is 57.0 Å². The van der Waals surface area contributed by atoms with Crippen LogP contribution < -0.4 is 15.5 Å². The van der Waals surface area contributed by atoms with Gasteiger partial charge in [0.2, 0.25) is 0 Å². The number of pyridine rings is 1. The summed E-state index contributed by atoms with van der Waals surface area (Å²) in [5, 5.41) is 24.0. The summed E-state index contributed by atoms with van der Waals surface area (Å²) in [6, 6.07) is 21.6. The third-order valence-corrected chi connectivity index (χ3v) is 6.64. The molecule has 0 spiro atoms. The average molecular weight is 609 g/mol. The molecule has 2 aromatic carbocycles. The van der Waals surface area contributed by atoms with Crippen LogP contribution in [0.2, 0.25) is 0 Å². The molecule has 0 aliphatic heterocycles. The van der Waals surface area contributed by atoms with E-state index in [4.69, 9.17) is 14.3 Å². The highest BCUT2D eigenvalue weighted by atomic mass is 16.7. The monoisotopic (exact) mass is 608 g/mol. The number of carbonyl (C=O) groups excluding carboxylic acids is 2. The number of rotatable bonds is 14. The number of nitrogens with zero attached hydrogens (tertiary/aromatic N) is 2. The molecule has 0 bridgehead atoms. The zero-order valence-electron chi connectivity index (χ0n) is 26.0. The first-order chi connectivity index (χ1) is 20.9. The van der Waals surface area contributed by atoms with Gasteiger partial charge >= 0.3 is 12.2 Å². The van der Waals surface area contributed by atoms with Crippen LogP contribution in [-0.4, -0.2) is 69.9 Å². The first kappa shape index (κ1) is 34.3. The molecule has 4 unspecified atom stereocenters. The van der Waals surface area contributed by atoms with E-state index in [9.17, 15) is 19.8 Å². The van der Waals surface area contributed by atoms with E-state index in [1.54, 1.807) is 58.2 Å². The van der Waals surface area contributed by atoms with Crippen molar-refractivity contribution in [1.29, 1.82) is 0 Å². The summed E-state index contributed by atoms with van der Waals surface area (Å²) < 4.78 is 11.1. The first-order valence-corrected chi connectivity index (χ1v) is 14.6. The fraction of sp³-hybridized carbons (Fsp3) is 0.424. The van der Waals surface area contributed by atoms with Crippen LogP contribution in [0.3, 0.4) is 0 Å². The van der Waals surface area contributed by atoms with Gasteiger partial charge in [-0.05, 0) is 75.9 Å². The fourth-order valence-electron chi connectivity index (χ4n) is 4.47. The summed E-state index contributed by atoms with van der Waals surface area (Å²) in [6.07, 6.45) is -1.68. The van der Waals surface area contributed by atoms with Crippen molar-refractivity contribution in [3.8, 4) is 5.75 Å². The molecule has 3 rings (SSSR count). The number of hydrogen-bond donors (Lipinski definition) is 4. The van der Waals surface area contributed by atoms with E-state index < -0.39 is 42.2 Å². The molecule has 0 saturated carbocycles.